The molecule has 1 aliphatic heterocycles. The van der Waals surface area contributed by atoms with Crippen molar-refractivity contribution in [2.24, 2.45) is 0 Å². The Hall–Kier alpha value is -2.09. The van der Waals surface area contributed by atoms with Crippen LogP contribution < -0.4 is 0 Å². The zero-order valence-corrected chi connectivity index (χ0v) is 14.5. The van der Waals surface area contributed by atoms with Crippen LogP contribution in [0.2, 0.25) is 0 Å². The lowest BCUT2D eigenvalue weighted by Gasteiger charge is -2.32. The molecule has 1 atom stereocenters. The molecule has 1 saturated heterocycles. The first-order chi connectivity index (χ1) is 11.9. The van der Waals surface area contributed by atoms with E-state index in [0.29, 0.717) is 30.6 Å². The molecule has 0 aliphatic carbocycles. The Bertz CT molecular complexity index is 898. The topological polar surface area (TPSA) is 63.7 Å². The maximum atomic E-state index is 14.0. The quantitative estimate of drug-likeness (QED) is 0.784. The molecule has 1 aliphatic rings. The lowest BCUT2D eigenvalue weighted by atomic mass is 10.0. The Balaban J connectivity index is 2.10. The lowest BCUT2D eigenvalue weighted by molar-refractivity contribution is 0.0393. The molecule has 0 radical (unpaired) electrons. The second-order valence-corrected chi connectivity index (χ2v) is 7.75. The molecule has 5 nitrogen and oxygen atoms in total. The second-order valence-electron chi connectivity index (χ2n) is 5.89. The minimum atomic E-state index is -3.76. The number of hydrogen-bond donors (Lipinski definition) is 0. The largest absolute Gasteiger partial charge is 0.378 e. The van der Waals surface area contributed by atoms with E-state index in [4.69, 9.17) is 4.74 Å². The van der Waals surface area contributed by atoms with Crippen LogP contribution in [-0.4, -0.2) is 44.8 Å². The first-order valence-corrected chi connectivity index (χ1v) is 9.33. The third kappa shape index (κ3) is 3.35. The van der Waals surface area contributed by atoms with E-state index >= 15 is 0 Å². The van der Waals surface area contributed by atoms with Crippen LogP contribution in [0.4, 0.5) is 4.39 Å². The van der Waals surface area contributed by atoms with E-state index < -0.39 is 15.8 Å². The molecule has 2 aromatic carbocycles. The molecule has 0 unspecified atom stereocenters. The van der Waals surface area contributed by atoms with Crippen LogP contribution in [0.1, 0.15) is 17.3 Å². The molecule has 0 bridgehead atoms. The third-order valence-corrected chi connectivity index (χ3v) is 6.29. The highest BCUT2D eigenvalue weighted by molar-refractivity contribution is 7.89. The molecule has 1 fully saturated rings. The summed E-state index contributed by atoms with van der Waals surface area (Å²) in [5.74, 6) is -0.681. The molecule has 2 aromatic rings. The molecule has 25 heavy (non-hydrogen) atoms. The van der Waals surface area contributed by atoms with Crippen LogP contribution in [0.25, 0.3) is 11.1 Å². The van der Waals surface area contributed by atoms with Gasteiger partial charge in [-0.05, 0) is 30.7 Å². The molecule has 0 saturated carbocycles. The van der Waals surface area contributed by atoms with Gasteiger partial charge in [-0.1, -0.05) is 24.3 Å². The van der Waals surface area contributed by atoms with Crippen LogP contribution in [0.15, 0.2) is 47.4 Å². The van der Waals surface area contributed by atoms with Gasteiger partial charge in [0.15, 0.2) is 6.29 Å². The first-order valence-electron chi connectivity index (χ1n) is 7.89. The second kappa shape index (κ2) is 7.03. The maximum absolute atomic E-state index is 14.0. The number of sulfonamides is 1. The van der Waals surface area contributed by atoms with E-state index in [1.54, 1.807) is 31.2 Å². The van der Waals surface area contributed by atoms with Gasteiger partial charge in [0.25, 0.3) is 0 Å². The van der Waals surface area contributed by atoms with Gasteiger partial charge < -0.3 is 4.74 Å². The third-order valence-electron chi connectivity index (χ3n) is 4.22. The average Bonchev–Trinajstić information content (AvgIpc) is 2.62. The van der Waals surface area contributed by atoms with Gasteiger partial charge in [0, 0.05) is 18.2 Å². The Morgan fingerprint density at radius 2 is 2.00 bits per heavy atom. The van der Waals surface area contributed by atoms with Crippen LogP contribution in [0, 0.1) is 5.82 Å². The predicted octanol–water partition coefficient (Wildman–Crippen LogP) is 2.71. The number of carbonyl (C=O) groups excluding carboxylic acids is 1. The van der Waals surface area contributed by atoms with Crippen molar-refractivity contribution in [3.63, 3.8) is 0 Å². The van der Waals surface area contributed by atoms with E-state index in [0.717, 1.165) is 0 Å². The number of morpholine rings is 1. The van der Waals surface area contributed by atoms with Crippen LogP contribution >= 0.6 is 0 Å². The van der Waals surface area contributed by atoms with Gasteiger partial charge in [-0.15, -0.1) is 0 Å². The summed E-state index contributed by atoms with van der Waals surface area (Å²) in [6, 6.07) is 10.3. The highest BCUT2D eigenvalue weighted by Crippen LogP contribution is 2.31. The van der Waals surface area contributed by atoms with Gasteiger partial charge in [-0.2, -0.15) is 4.31 Å². The SMILES string of the molecule is C[C@@H]1COCCN1S(=O)(=O)c1ccccc1-c1ccc(C=O)c(F)c1. The number of aldehydes is 1. The van der Waals surface area contributed by atoms with Gasteiger partial charge in [-0.3, -0.25) is 4.79 Å². The summed E-state index contributed by atoms with van der Waals surface area (Å²) in [5, 5.41) is 0. The van der Waals surface area contributed by atoms with Gasteiger partial charge in [0.05, 0.1) is 23.7 Å². The Morgan fingerprint density at radius 3 is 2.68 bits per heavy atom. The van der Waals surface area contributed by atoms with Crippen LogP contribution in [0.5, 0.6) is 0 Å². The van der Waals surface area contributed by atoms with Crippen molar-refractivity contribution in [2.75, 3.05) is 19.8 Å². The van der Waals surface area contributed by atoms with Crippen molar-refractivity contribution in [3.8, 4) is 11.1 Å². The molecule has 0 N–H and O–H groups in total. The summed E-state index contributed by atoms with van der Waals surface area (Å²) in [6.45, 7) is 2.74. The number of nitrogens with zero attached hydrogens (tertiary/aromatic N) is 1. The summed E-state index contributed by atoms with van der Waals surface area (Å²) < 4.78 is 46.9. The van der Waals surface area contributed by atoms with E-state index in [2.05, 4.69) is 0 Å². The Morgan fingerprint density at radius 1 is 1.24 bits per heavy atom. The zero-order valence-electron chi connectivity index (χ0n) is 13.7. The van der Waals surface area contributed by atoms with Crippen molar-refractivity contribution in [3.05, 3.63) is 53.8 Å². The molecule has 0 spiro atoms. The number of rotatable bonds is 4. The molecule has 7 heteroatoms. The fourth-order valence-corrected chi connectivity index (χ4v) is 4.73. The monoisotopic (exact) mass is 363 g/mol. The number of halogens is 1. The molecule has 0 amide bonds. The maximum Gasteiger partial charge on any atom is 0.244 e. The summed E-state index contributed by atoms with van der Waals surface area (Å²) in [6.07, 6.45) is 0.428. The number of benzene rings is 2. The molecule has 3 rings (SSSR count). The van der Waals surface area contributed by atoms with Gasteiger partial charge in [0.1, 0.15) is 5.82 Å². The zero-order chi connectivity index (χ0) is 18.0. The van der Waals surface area contributed by atoms with Crippen molar-refractivity contribution in [1.82, 2.24) is 4.31 Å². The molecule has 1 heterocycles. The van der Waals surface area contributed by atoms with Crippen molar-refractivity contribution < 1.29 is 22.3 Å². The van der Waals surface area contributed by atoms with Crippen LogP contribution in [0.3, 0.4) is 0 Å². The lowest BCUT2D eigenvalue weighted by Crippen LogP contribution is -2.47. The molecular formula is C18H18FNO4S. The Labute approximate surface area is 146 Å². The van der Waals surface area contributed by atoms with Crippen molar-refractivity contribution >= 4 is 16.3 Å². The fourth-order valence-electron chi connectivity index (χ4n) is 2.92. The number of hydrogen-bond acceptors (Lipinski definition) is 4. The molecule has 0 aromatic heterocycles. The van der Waals surface area contributed by atoms with E-state index in [-0.39, 0.29) is 23.0 Å². The average molecular weight is 363 g/mol. The summed E-state index contributed by atoms with van der Waals surface area (Å²) in [4.78, 5) is 10.9. The fraction of sp³-hybridized carbons (Fsp3) is 0.278. The summed E-state index contributed by atoms with van der Waals surface area (Å²) in [5.41, 5.74) is 0.742. The van der Waals surface area contributed by atoms with Gasteiger partial charge >= 0.3 is 0 Å². The summed E-state index contributed by atoms with van der Waals surface area (Å²) in [7, 11) is -3.76. The molecular weight excluding hydrogens is 345 g/mol. The highest BCUT2D eigenvalue weighted by atomic mass is 32.2. The van der Waals surface area contributed by atoms with E-state index in [1.807, 2.05) is 0 Å². The predicted molar refractivity (Wildman–Crippen MR) is 91.4 cm³/mol. The summed E-state index contributed by atoms with van der Waals surface area (Å²) >= 11 is 0. The molecule has 132 valence electrons. The minimum Gasteiger partial charge on any atom is -0.378 e. The van der Waals surface area contributed by atoms with Crippen molar-refractivity contribution in [2.45, 2.75) is 17.9 Å². The number of carbonyl (C=O) groups is 1. The number of ether oxygens (including phenoxy) is 1. The van der Waals surface area contributed by atoms with Crippen LogP contribution in [-0.2, 0) is 14.8 Å². The Kier molecular flexibility index (Phi) is 4.99. The van der Waals surface area contributed by atoms with E-state index in [1.165, 1.54) is 22.5 Å². The minimum absolute atomic E-state index is 0.0640. The standard InChI is InChI=1S/C18H18FNO4S/c1-13-12-24-9-8-20(13)25(22,23)18-5-3-2-4-16(18)14-6-7-15(11-21)17(19)10-14/h2-7,10-11,13H,8-9,12H2,1H3/t13-/m1/s1. The van der Waals surface area contributed by atoms with E-state index in [9.17, 15) is 17.6 Å². The van der Waals surface area contributed by atoms with Crippen molar-refractivity contribution in [1.29, 1.82) is 0 Å². The smallest absolute Gasteiger partial charge is 0.244 e. The highest BCUT2D eigenvalue weighted by Gasteiger charge is 2.33. The van der Waals surface area contributed by atoms with Gasteiger partial charge in [0.2, 0.25) is 10.0 Å². The normalized spacial score (nSPS) is 18.9. The van der Waals surface area contributed by atoms with Gasteiger partial charge in [-0.25, -0.2) is 12.8 Å². The first kappa shape index (κ1) is 17.7.